The Kier molecular flexibility index (Phi) is 6.31. The molecule has 1 heterocycles. The van der Waals surface area contributed by atoms with Gasteiger partial charge >= 0.3 is 5.76 Å². The van der Waals surface area contributed by atoms with Crippen molar-refractivity contribution in [2.45, 2.75) is 39.9 Å². The highest BCUT2D eigenvalue weighted by Gasteiger charge is 2.20. The first-order chi connectivity index (χ1) is 13.5. The minimum atomic E-state index is -0.655. The zero-order valence-corrected chi connectivity index (χ0v) is 16.6. The van der Waals surface area contributed by atoms with E-state index in [1.54, 1.807) is 25.1 Å². The molecular formula is C22H27N3O3. The molecule has 0 aliphatic carbocycles. The second kappa shape index (κ2) is 8.89. The monoisotopic (exact) mass is 381 g/mol. The molecule has 1 atom stereocenters. The number of aromatic nitrogens is 1. The molecule has 1 unspecified atom stereocenters. The van der Waals surface area contributed by atoms with Crippen molar-refractivity contribution >= 4 is 17.0 Å². The normalized spacial score (nSPS) is 12.4. The summed E-state index contributed by atoms with van der Waals surface area (Å²) in [5.74, 6) is -0.745. The molecule has 0 aliphatic rings. The van der Waals surface area contributed by atoms with E-state index in [4.69, 9.17) is 4.42 Å². The second-order valence-corrected chi connectivity index (χ2v) is 6.88. The fourth-order valence-corrected chi connectivity index (χ4v) is 3.27. The number of benzene rings is 2. The van der Waals surface area contributed by atoms with Crippen LogP contribution in [0.2, 0.25) is 0 Å². The summed E-state index contributed by atoms with van der Waals surface area (Å²) in [6.07, 6.45) is 0. The van der Waals surface area contributed by atoms with E-state index in [2.05, 4.69) is 36.2 Å². The van der Waals surface area contributed by atoms with Crippen molar-refractivity contribution in [2.75, 3.05) is 13.1 Å². The van der Waals surface area contributed by atoms with Crippen LogP contribution in [0.25, 0.3) is 11.1 Å². The Balaban J connectivity index is 1.63. The van der Waals surface area contributed by atoms with Gasteiger partial charge < -0.3 is 9.73 Å². The first kappa shape index (κ1) is 19.9. The summed E-state index contributed by atoms with van der Waals surface area (Å²) < 4.78 is 6.61. The predicted molar refractivity (Wildman–Crippen MR) is 110 cm³/mol. The molecule has 0 spiro atoms. The van der Waals surface area contributed by atoms with E-state index in [0.29, 0.717) is 17.6 Å². The van der Waals surface area contributed by atoms with Crippen LogP contribution in [-0.2, 0) is 17.9 Å². The van der Waals surface area contributed by atoms with Crippen molar-refractivity contribution in [2.24, 2.45) is 0 Å². The first-order valence-electron chi connectivity index (χ1n) is 9.71. The van der Waals surface area contributed by atoms with Crippen LogP contribution in [0.5, 0.6) is 0 Å². The van der Waals surface area contributed by atoms with Gasteiger partial charge in [0.2, 0.25) is 5.91 Å². The van der Waals surface area contributed by atoms with Crippen LogP contribution in [0.4, 0.5) is 0 Å². The van der Waals surface area contributed by atoms with Crippen LogP contribution in [0.3, 0.4) is 0 Å². The average Bonchev–Trinajstić information content (AvgIpc) is 3.06. The van der Waals surface area contributed by atoms with Gasteiger partial charge in [-0.1, -0.05) is 50.2 Å². The number of amides is 1. The van der Waals surface area contributed by atoms with Crippen LogP contribution in [-0.4, -0.2) is 28.5 Å². The largest absolute Gasteiger partial charge is 0.420 e. The van der Waals surface area contributed by atoms with Crippen molar-refractivity contribution in [3.63, 3.8) is 0 Å². The van der Waals surface area contributed by atoms with Crippen LogP contribution in [0.1, 0.15) is 37.9 Å². The highest BCUT2D eigenvalue weighted by Crippen LogP contribution is 2.17. The highest BCUT2D eigenvalue weighted by molar-refractivity contribution is 5.82. The summed E-state index contributed by atoms with van der Waals surface area (Å²) in [7, 11) is 0. The number of fused-ring (bicyclic) bond motifs is 1. The molecule has 0 saturated carbocycles. The Morgan fingerprint density at radius 2 is 1.71 bits per heavy atom. The number of oxazole rings is 1. The summed E-state index contributed by atoms with van der Waals surface area (Å²) >= 11 is 0. The lowest BCUT2D eigenvalue weighted by atomic mass is 10.1. The number of carbonyl (C=O) groups is 1. The van der Waals surface area contributed by atoms with Crippen molar-refractivity contribution in [3.05, 3.63) is 70.2 Å². The van der Waals surface area contributed by atoms with Gasteiger partial charge in [-0.15, -0.1) is 0 Å². The third-order valence-corrected chi connectivity index (χ3v) is 5.08. The van der Waals surface area contributed by atoms with Gasteiger partial charge in [0.25, 0.3) is 0 Å². The standard InChI is InChI=1S/C22H27N3O3/c1-4-24(5-2)15-18-12-10-17(11-13-18)14-23-21(26)16(3)25-19-8-6-7-9-20(19)28-22(25)27/h6-13,16H,4-5,14-15H2,1-3H3,(H,23,26). The maximum atomic E-state index is 12.6. The summed E-state index contributed by atoms with van der Waals surface area (Å²) in [6, 6.07) is 14.7. The number of hydrogen-bond donors (Lipinski definition) is 1. The van der Waals surface area contributed by atoms with Gasteiger partial charge in [0.15, 0.2) is 5.58 Å². The van der Waals surface area contributed by atoms with E-state index in [9.17, 15) is 9.59 Å². The molecular weight excluding hydrogens is 354 g/mol. The van der Waals surface area contributed by atoms with E-state index in [0.717, 1.165) is 25.2 Å². The topological polar surface area (TPSA) is 67.5 Å². The quantitative estimate of drug-likeness (QED) is 0.650. The lowest BCUT2D eigenvalue weighted by molar-refractivity contribution is -0.124. The lowest BCUT2D eigenvalue weighted by Gasteiger charge is -2.18. The van der Waals surface area contributed by atoms with Crippen molar-refractivity contribution in [1.29, 1.82) is 0 Å². The molecule has 6 heteroatoms. The van der Waals surface area contributed by atoms with Gasteiger partial charge in [0.05, 0.1) is 5.52 Å². The fourth-order valence-electron chi connectivity index (χ4n) is 3.27. The molecule has 28 heavy (non-hydrogen) atoms. The molecule has 3 rings (SSSR count). The molecule has 0 aliphatic heterocycles. The number of para-hydroxylation sites is 2. The average molecular weight is 381 g/mol. The molecule has 2 aromatic carbocycles. The molecule has 1 N–H and O–H groups in total. The Labute approximate surface area is 164 Å². The molecule has 0 fully saturated rings. The van der Waals surface area contributed by atoms with Crippen molar-refractivity contribution < 1.29 is 9.21 Å². The maximum Gasteiger partial charge on any atom is 0.420 e. The smallest absolute Gasteiger partial charge is 0.408 e. The molecule has 6 nitrogen and oxygen atoms in total. The third kappa shape index (κ3) is 4.34. The molecule has 3 aromatic rings. The SMILES string of the molecule is CCN(CC)Cc1ccc(CNC(=O)C(C)n2c(=O)oc3ccccc32)cc1. The highest BCUT2D eigenvalue weighted by atomic mass is 16.4. The summed E-state index contributed by atoms with van der Waals surface area (Å²) in [4.78, 5) is 27.1. The van der Waals surface area contributed by atoms with Gasteiger partial charge in [-0.3, -0.25) is 14.3 Å². The zero-order chi connectivity index (χ0) is 20.1. The molecule has 0 radical (unpaired) electrons. The molecule has 0 saturated heterocycles. The Morgan fingerprint density at radius 1 is 1.07 bits per heavy atom. The predicted octanol–water partition coefficient (Wildman–Crippen LogP) is 3.31. The number of nitrogens with one attached hydrogen (secondary N) is 1. The van der Waals surface area contributed by atoms with Gasteiger partial charge in [0.1, 0.15) is 6.04 Å². The second-order valence-electron chi connectivity index (χ2n) is 6.88. The van der Waals surface area contributed by atoms with E-state index < -0.39 is 11.8 Å². The van der Waals surface area contributed by atoms with Gasteiger partial charge in [-0.2, -0.15) is 0 Å². The minimum Gasteiger partial charge on any atom is -0.408 e. The van der Waals surface area contributed by atoms with Gasteiger partial charge in [-0.05, 0) is 43.3 Å². The van der Waals surface area contributed by atoms with Gasteiger partial charge in [0, 0.05) is 13.1 Å². The Hall–Kier alpha value is -2.86. The number of rotatable bonds is 8. The summed E-state index contributed by atoms with van der Waals surface area (Å²) in [6.45, 7) is 9.40. The third-order valence-electron chi connectivity index (χ3n) is 5.08. The fraction of sp³-hybridized carbons (Fsp3) is 0.364. The van der Waals surface area contributed by atoms with E-state index in [1.807, 2.05) is 18.2 Å². The Morgan fingerprint density at radius 3 is 2.39 bits per heavy atom. The van der Waals surface area contributed by atoms with E-state index >= 15 is 0 Å². The number of carbonyl (C=O) groups excluding carboxylic acids is 1. The lowest BCUT2D eigenvalue weighted by Crippen LogP contribution is -2.34. The molecule has 1 amide bonds. The summed E-state index contributed by atoms with van der Waals surface area (Å²) in [5, 5.41) is 2.91. The van der Waals surface area contributed by atoms with Crippen molar-refractivity contribution in [3.8, 4) is 0 Å². The number of nitrogens with zero attached hydrogens (tertiary/aromatic N) is 2. The van der Waals surface area contributed by atoms with E-state index in [1.165, 1.54) is 10.1 Å². The minimum absolute atomic E-state index is 0.221. The van der Waals surface area contributed by atoms with Crippen LogP contribution in [0, 0.1) is 0 Å². The molecule has 148 valence electrons. The van der Waals surface area contributed by atoms with Crippen molar-refractivity contribution in [1.82, 2.24) is 14.8 Å². The number of hydrogen-bond acceptors (Lipinski definition) is 4. The van der Waals surface area contributed by atoms with Gasteiger partial charge in [-0.25, -0.2) is 4.79 Å². The molecule has 0 bridgehead atoms. The zero-order valence-electron chi connectivity index (χ0n) is 16.6. The first-order valence-corrected chi connectivity index (χ1v) is 9.71. The van der Waals surface area contributed by atoms with Crippen LogP contribution in [0.15, 0.2) is 57.7 Å². The van der Waals surface area contributed by atoms with Crippen LogP contribution < -0.4 is 11.1 Å². The maximum absolute atomic E-state index is 12.6. The van der Waals surface area contributed by atoms with Crippen LogP contribution >= 0.6 is 0 Å². The molecule has 1 aromatic heterocycles. The van der Waals surface area contributed by atoms with E-state index in [-0.39, 0.29) is 5.91 Å². The Bertz CT molecular complexity index is 984. The summed E-state index contributed by atoms with van der Waals surface area (Å²) in [5.41, 5.74) is 3.38.